The number of thiophene rings is 1. The number of carbonyl (C=O) groups excluding carboxylic acids is 1. The first-order valence-electron chi connectivity index (χ1n) is 5.53. The van der Waals surface area contributed by atoms with E-state index in [9.17, 15) is 14.9 Å². The Bertz CT molecular complexity index is 682. The van der Waals surface area contributed by atoms with Gasteiger partial charge in [-0.05, 0) is 34.1 Å². The Hall–Kier alpha value is -1.99. The number of amides is 1. The summed E-state index contributed by atoms with van der Waals surface area (Å²) < 4.78 is 0.946. The van der Waals surface area contributed by atoms with Crippen molar-refractivity contribution in [3.8, 4) is 0 Å². The summed E-state index contributed by atoms with van der Waals surface area (Å²) in [7, 11) is 0. The second kappa shape index (κ2) is 6.44. The predicted molar refractivity (Wildman–Crippen MR) is 82.8 cm³/mol. The quantitative estimate of drug-likeness (QED) is 0.512. The largest absolute Gasteiger partial charge is 0.317 e. The van der Waals surface area contributed by atoms with Crippen LogP contribution >= 0.6 is 27.3 Å². The molecule has 0 bridgehead atoms. The van der Waals surface area contributed by atoms with Gasteiger partial charge in [-0.2, -0.15) is 0 Å². The second-order valence-electron chi connectivity index (χ2n) is 3.76. The molecular weight excluding hydrogens is 344 g/mol. The number of hydrogen-bond donors (Lipinski definition) is 1. The molecule has 1 aromatic carbocycles. The van der Waals surface area contributed by atoms with Crippen LogP contribution in [-0.4, -0.2) is 10.8 Å². The Morgan fingerprint density at radius 1 is 1.40 bits per heavy atom. The van der Waals surface area contributed by atoms with E-state index in [-0.39, 0.29) is 11.4 Å². The minimum atomic E-state index is -0.532. The Balaban J connectivity index is 2.09. The number of anilines is 1. The summed E-state index contributed by atoms with van der Waals surface area (Å²) >= 11 is 4.80. The zero-order valence-electron chi connectivity index (χ0n) is 10.1. The smallest absolute Gasteiger partial charge is 0.292 e. The summed E-state index contributed by atoms with van der Waals surface area (Å²) in [6.07, 6.45) is 2.99. The van der Waals surface area contributed by atoms with Gasteiger partial charge in [0.2, 0.25) is 5.91 Å². The fraction of sp³-hybridized carbons (Fsp3) is 0. The van der Waals surface area contributed by atoms with Gasteiger partial charge in [0.05, 0.1) is 4.92 Å². The standard InChI is InChI=1S/C13H9BrN2O3S/c14-9-7-10(20-8-9)5-6-13(17)15-11-3-1-2-4-12(11)16(18)19/h1-8H,(H,15,17)/b6-5+. The molecule has 0 saturated carbocycles. The van der Waals surface area contributed by atoms with Gasteiger partial charge in [-0.25, -0.2) is 0 Å². The zero-order valence-corrected chi connectivity index (χ0v) is 12.5. The van der Waals surface area contributed by atoms with Crippen LogP contribution in [0.5, 0.6) is 0 Å². The van der Waals surface area contributed by atoms with Gasteiger partial charge in [0, 0.05) is 26.9 Å². The molecule has 0 aliphatic heterocycles. The van der Waals surface area contributed by atoms with Crippen molar-refractivity contribution in [3.05, 3.63) is 61.3 Å². The summed E-state index contributed by atoms with van der Waals surface area (Å²) in [6, 6.07) is 7.89. The highest BCUT2D eigenvalue weighted by Crippen LogP contribution is 2.23. The maximum absolute atomic E-state index is 11.7. The number of hydrogen-bond acceptors (Lipinski definition) is 4. The molecular formula is C13H9BrN2O3S. The molecule has 1 aromatic heterocycles. The minimum Gasteiger partial charge on any atom is -0.317 e. The molecule has 0 saturated heterocycles. The minimum absolute atomic E-state index is 0.131. The third-order valence-electron chi connectivity index (χ3n) is 2.35. The highest BCUT2D eigenvalue weighted by Gasteiger charge is 2.13. The molecule has 0 spiro atoms. The molecule has 102 valence electrons. The molecule has 2 aromatic rings. The highest BCUT2D eigenvalue weighted by atomic mass is 79.9. The van der Waals surface area contributed by atoms with E-state index in [0.29, 0.717) is 0 Å². The molecule has 2 rings (SSSR count). The summed E-state index contributed by atoms with van der Waals surface area (Å²) in [5, 5.41) is 15.2. The van der Waals surface area contributed by atoms with Crippen molar-refractivity contribution in [3.63, 3.8) is 0 Å². The molecule has 1 heterocycles. The van der Waals surface area contributed by atoms with E-state index in [1.54, 1.807) is 18.2 Å². The van der Waals surface area contributed by atoms with Crippen LogP contribution in [-0.2, 0) is 4.79 Å². The van der Waals surface area contributed by atoms with Gasteiger partial charge in [-0.3, -0.25) is 14.9 Å². The van der Waals surface area contributed by atoms with Gasteiger partial charge in [-0.15, -0.1) is 11.3 Å². The van der Waals surface area contributed by atoms with Crippen LogP contribution in [0.2, 0.25) is 0 Å². The lowest BCUT2D eigenvalue weighted by Crippen LogP contribution is -2.09. The number of halogens is 1. The number of rotatable bonds is 4. The van der Waals surface area contributed by atoms with E-state index < -0.39 is 10.8 Å². The molecule has 0 unspecified atom stereocenters. The van der Waals surface area contributed by atoms with Crippen LogP contribution in [0.4, 0.5) is 11.4 Å². The van der Waals surface area contributed by atoms with Crippen LogP contribution in [0.3, 0.4) is 0 Å². The molecule has 0 atom stereocenters. The van der Waals surface area contributed by atoms with Gasteiger partial charge in [0.25, 0.3) is 5.69 Å². The average Bonchev–Trinajstić information content (AvgIpc) is 2.83. The maximum atomic E-state index is 11.7. The van der Waals surface area contributed by atoms with E-state index in [2.05, 4.69) is 21.2 Å². The first kappa shape index (κ1) is 14.4. The zero-order chi connectivity index (χ0) is 14.5. The number of benzene rings is 1. The van der Waals surface area contributed by atoms with Gasteiger partial charge in [0.1, 0.15) is 5.69 Å². The Labute approximate surface area is 127 Å². The number of carbonyl (C=O) groups is 1. The fourth-order valence-electron chi connectivity index (χ4n) is 1.49. The molecule has 7 heteroatoms. The van der Waals surface area contributed by atoms with Crippen LogP contribution < -0.4 is 5.32 Å². The van der Waals surface area contributed by atoms with Crippen molar-refractivity contribution in [2.45, 2.75) is 0 Å². The molecule has 0 fully saturated rings. The van der Waals surface area contributed by atoms with Crippen molar-refractivity contribution in [1.29, 1.82) is 0 Å². The van der Waals surface area contributed by atoms with E-state index in [0.717, 1.165) is 9.35 Å². The Morgan fingerprint density at radius 3 is 2.80 bits per heavy atom. The Kier molecular flexibility index (Phi) is 4.65. The lowest BCUT2D eigenvalue weighted by Gasteiger charge is -2.02. The summed E-state index contributed by atoms with van der Waals surface area (Å²) in [6.45, 7) is 0. The van der Waals surface area contributed by atoms with Gasteiger partial charge < -0.3 is 5.32 Å². The lowest BCUT2D eigenvalue weighted by molar-refractivity contribution is -0.383. The highest BCUT2D eigenvalue weighted by molar-refractivity contribution is 9.10. The first-order chi connectivity index (χ1) is 9.56. The summed E-state index contributed by atoms with van der Waals surface area (Å²) in [4.78, 5) is 22.9. The normalized spacial score (nSPS) is 10.7. The van der Waals surface area contributed by atoms with Crippen molar-refractivity contribution in [2.24, 2.45) is 0 Å². The number of nitro benzene ring substituents is 1. The topological polar surface area (TPSA) is 72.2 Å². The van der Waals surface area contributed by atoms with Crippen LogP contribution in [0.15, 0.2) is 46.3 Å². The number of para-hydroxylation sites is 2. The van der Waals surface area contributed by atoms with Crippen molar-refractivity contribution in [1.82, 2.24) is 0 Å². The summed E-state index contributed by atoms with van der Waals surface area (Å²) in [5.74, 6) is -0.413. The monoisotopic (exact) mass is 352 g/mol. The van der Waals surface area contributed by atoms with E-state index >= 15 is 0 Å². The number of nitro groups is 1. The average molecular weight is 353 g/mol. The van der Waals surface area contributed by atoms with Crippen LogP contribution in [0.1, 0.15) is 4.88 Å². The van der Waals surface area contributed by atoms with E-state index in [4.69, 9.17) is 0 Å². The molecule has 1 amide bonds. The van der Waals surface area contributed by atoms with Crippen LogP contribution in [0.25, 0.3) is 6.08 Å². The lowest BCUT2D eigenvalue weighted by atomic mass is 10.2. The molecule has 0 aliphatic rings. The van der Waals surface area contributed by atoms with Crippen LogP contribution in [0, 0.1) is 10.1 Å². The molecule has 0 radical (unpaired) electrons. The van der Waals surface area contributed by atoms with Crippen molar-refractivity contribution >= 4 is 50.6 Å². The maximum Gasteiger partial charge on any atom is 0.292 e. The van der Waals surface area contributed by atoms with Gasteiger partial charge in [-0.1, -0.05) is 12.1 Å². The number of nitrogens with one attached hydrogen (secondary N) is 1. The molecule has 1 N–H and O–H groups in total. The fourth-order valence-corrected chi connectivity index (χ4v) is 2.82. The van der Waals surface area contributed by atoms with E-state index in [1.165, 1.54) is 29.5 Å². The first-order valence-corrected chi connectivity index (χ1v) is 7.20. The second-order valence-corrected chi connectivity index (χ2v) is 5.62. The summed E-state index contributed by atoms with van der Waals surface area (Å²) in [5.41, 5.74) is 0.0487. The van der Waals surface area contributed by atoms with Crippen molar-refractivity contribution < 1.29 is 9.72 Å². The predicted octanol–water partition coefficient (Wildman–Crippen LogP) is 4.07. The third-order valence-corrected chi connectivity index (χ3v) is 4.00. The van der Waals surface area contributed by atoms with E-state index in [1.807, 2.05) is 11.4 Å². The number of nitrogens with zero attached hydrogens (tertiary/aromatic N) is 1. The Morgan fingerprint density at radius 2 is 2.15 bits per heavy atom. The van der Waals surface area contributed by atoms with Gasteiger partial charge in [0.15, 0.2) is 0 Å². The van der Waals surface area contributed by atoms with Gasteiger partial charge >= 0.3 is 0 Å². The van der Waals surface area contributed by atoms with Crippen molar-refractivity contribution in [2.75, 3.05) is 5.32 Å². The molecule has 5 nitrogen and oxygen atoms in total. The third kappa shape index (κ3) is 3.75. The molecule has 0 aliphatic carbocycles. The SMILES string of the molecule is O=C(/C=C/c1cc(Br)cs1)Nc1ccccc1[N+](=O)[O-]. The molecule has 20 heavy (non-hydrogen) atoms.